The van der Waals surface area contributed by atoms with Crippen molar-refractivity contribution < 1.29 is 17.9 Å². The maximum absolute atomic E-state index is 12.7. The summed E-state index contributed by atoms with van der Waals surface area (Å²) in [5.74, 6) is 0.476. The molecule has 1 amide bonds. The Morgan fingerprint density at radius 2 is 1.82 bits per heavy atom. The number of ether oxygens (including phenoxy) is 1. The van der Waals surface area contributed by atoms with Crippen LogP contribution in [0.1, 0.15) is 12.0 Å². The number of carbonyl (C=O) groups is 1. The van der Waals surface area contributed by atoms with Gasteiger partial charge in [0.25, 0.3) is 0 Å². The van der Waals surface area contributed by atoms with Crippen molar-refractivity contribution in [2.45, 2.75) is 17.7 Å². The van der Waals surface area contributed by atoms with Gasteiger partial charge in [-0.15, -0.1) is 0 Å². The minimum atomic E-state index is -3.59. The Kier molecular flexibility index (Phi) is 6.49. The molecule has 1 aliphatic rings. The minimum Gasteiger partial charge on any atom is -0.497 e. The summed E-state index contributed by atoms with van der Waals surface area (Å²) in [6, 6.07) is 16.3. The van der Waals surface area contributed by atoms with Crippen LogP contribution in [0.5, 0.6) is 5.75 Å². The highest BCUT2D eigenvalue weighted by Crippen LogP contribution is 2.22. The van der Waals surface area contributed by atoms with E-state index in [1.165, 1.54) is 23.5 Å². The van der Waals surface area contributed by atoms with Gasteiger partial charge in [0.1, 0.15) is 5.75 Å². The number of nitrogens with zero attached hydrogens (tertiary/aromatic N) is 1. The van der Waals surface area contributed by atoms with Crippen molar-refractivity contribution in [1.82, 2.24) is 9.62 Å². The number of nitrogens with one attached hydrogen (secondary N) is 1. The summed E-state index contributed by atoms with van der Waals surface area (Å²) in [6.45, 7) is 1.02. The lowest BCUT2D eigenvalue weighted by atomic mass is 10.1. The predicted molar refractivity (Wildman–Crippen MR) is 108 cm³/mol. The van der Waals surface area contributed by atoms with Crippen LogP contribution in [0.2, 0.25) is 0 Å². The first-order chi connectivity index (χ1) is 13.5. The highest BCUT2D eigenvalue weighted by atomic mass is 32.2. The molecule has 0 spiro atoms. The molecule has 0 aliphatic carbocycles. The van der Waals surface area contributed by atoms with Gasteiger partial charge < -0.3 is 10.1 Å². The van der Waals surface area contributed by atoms with Crippen LogP contribution in [0, 0.1) is 0 Å². The summed E-state index contributed by atoms with van der Waals surface area (Å²) in [7, 11) is -2.05. The fourth-order valence-corrected chi connectivity index (χ4v) is 4.43. The molecule has 28 heavy (non-hydrogen) atoms. The molecule has 2 aromatic carbocycles. The Bertz CT molecular complexity index is 938. The molecule has 7 heteroatoms. The average Bonchev–Trinajstić information content (AvgIpc) is 2.74. The fraction of sp³-hybridized carbons (Fsp3) is 0.286. The molecule has 0 bridgehead atoms. The standard InChI is InChI=1S/C21H24N2O4S/c1-27-19-7-9-20(10-8-19)28(25,26)23-15-12-18(13-16-23)21(24)22-14-11-17-5-3-2-4-6-17/h2-10,12H,11,13-16H2,1H3,(H,22,24). The SMILES string of the molecule is COc1ccc(S(=O)(=O)N2CC=C(C(=O)NCCc3ccccc3)CC2)cc1. The van der Waals surface area contributed by atoms with Gasteiger partial charge in [-0.3, -0.25) is 4.79 Å². The fourth-order valence-electron chi connectivity index (χ4n) is 3.05. The van der Waals surface area contributed by atoms with Gasteiger partial charge in [0.15, 0.2) is 0 Å². The number of carbonyl (C=O) groups excluding carboxylic acids is 1. The van der Waals surface area contributed by atoms with Crippen molar-refractivity contribution in [1.29, 1.82) is 0 Å². The molecule has 0 saturated heterocycles. The third-order valence-corrected chi connectivity index (χ3v) is 6.58. The molecule has 148 valence electrons. The lowest BCUT2D eigenvalue weighted by molar-refractivity contribution is -0.117. The zero-order chi connectivity index (χ0) is 20.0. The van der Waals surface area contributed by atoms with Crippen LogP contribution in [-0.4, -0.2) is 45.4 Å². The summed E-state index contributed by atoms with van der Waals surface area (Å²) >= 11 is 0. The van der Waals surface area contributed by atoms with Crippen molar-refractivity contribution in [3.05, 3.63) is 71.8 Å². The number of rotatable bonds is 7. The number of benzene rings is 2. The van der Waals surface area contributed by atoms with Crippen molar-refractivity contribution in [3.63, 3.8) is 0 Å². The highest BCUT2D eigenvalue weighted by molar-refractivity contribution is 7.89. The summed E-state index contributed by atoms with van der Waals surface area (Å²) in [5, 5.41) is 2.91. The minimum absolute atomic E-state index is 0.127. The second-order valence-corrected chi connectivity index (χ2v) is 8.45. The monoisotopic (exact) mass is 400 g/mol. The molecular formula is C21H24N2O4S. The Morgan fingerprint density at radius 3 is 2.43 bits per heavy atom. The smallest absolute Gasteiger partial charge is 0.246 e. The maximum Gasteiger partial charge on any atom is 0.246 e. The second-order valence-electron chi connectivity index (χ2n) is 6.51. The van der Waals surface area contributed by atoms with Gasteiger partial charge in [-0.05, 0) is 42.7 Å². The summed E-state index contributed by atoms with van der Waals surface area (Å²) in [5.41, 5.74) is 1.80. The van der Waals surface area contributed by atoms with E-state index in [4.69, 9.17) is 4.74 Å². The molecule has 0 aromatic heterocycles. The van der Waals surface area contributed by atoms with Gasteiger partial charge in [0.05, 0.1) is 12.0 Å². The van der Waals surface area contributed by atoms with Gasteiger partial charge in [0, 0.05) is 25.2 Å². The first kappa shape index (κ1) is 20.1. The number of methoxy groups -OCH3 is 1. The van der Waals surface area contributed by atoms with Crippen molar-refractivity contribution in [2.24, 2.45) is 0 Å². The number of hydrogen-bond acceptors (Lipinski definition) is 4. The molecule has 0 fully saturated rings. The van der Waals surface area contributed by atoms with Crippen LogP contribution < -0.4 is 10.1 Å². The molecule has 1 aliphatic heterocycles. The summed E-state index contributed by atoms with van der Waals surface area (Å²) in [4.78, 5) is 12.5. The first-order valence-corrected chi connectivity index (χ1v) is 10.6. The Hall–Kier alpha value is -2.64. The zero-order valence-electron chi connectivity index (χ0n) is 15.8. The van der Waals surface area contributed by atoms with E-state index in [2.05, 4.69) is 5.32 Å². The largest absolute Gasteiger partial charge is 0.497 e. The number of sulfonamides is 1. The van der Waals surface area contributed by atoms with E-state index in [1.807, 2.05) is 30.3 Å². The van der Waals surface area contributed by atoms with E-state index in [0.29, 0.717) is 24.3 Å². The van der Waals surface area contributed by atoms with Gasteiger partial charge >= 0.3 is 0 Å². The van der Waals surface area contributed by atoms with Gasteiger partial charge in [-0.1, -0.05) is 36.4 Å². The molecule has 2 aromatic rings. The van der Waals surface area contributed by atoms with E-state index >= 15 is 0 Å². The van der Waals surface area contributed by atoms with Crippen LogP contribution >= 0.6 is 0 Å². The molecule has 6 nitrogen and oxygen atoms in total. The highest BCUT2D eigenvalue weighted by Gasteiger charge is 2.27. The second kappa shape index (κ2) is 9.03. The third-order valence-electron chi connectivity index (χ3n) is 4.70. The Balaban J connectivity index is 1.56. The number of hydrogen-bond donors (Lipinski definition) is 1. The lowest BCUT2D eigenvalue weighted by Crippen LogP contribution is -2.37. The lowest BCUT2D eigenvalue weighted by Gasteiger charge is -2.25. The normalized spacial score (nSPS) is 15.0. The Labute approximate surface area is 165 Å². The molecule has 0 atom stereocenters. The molecular weight excluding hydrogens is 376 g/mol. The van der Waals surface area contributed by atoms with E-state index < -0.39 is 10.0 Å². The van der Waals surface area contributed by atoms with E-state index in [1.54, 1.807) is 18.2 Å². The van der Waals surface area contributed by atoms with Crippen LogP contribution in [0.4, 0.5) is 0 Å². The molecule has 0 radical (unpaired) electrons. The third kappa shape index (κ3) is 4.79. The number of amides is 1. The van der Waals surface area contributed by atoms with Crippen LogP contribution in [0.3, 0.4) is 0 Å². The molecule has 1 N–H and O–H groups in total. The van der Waals surface area contributed by atoms with E-state index in [9.17, 15) is 13.2 Å². The Morgan fingerprint density at radius 1 is 1.11 bits per heavy atom. The van der Waals surface area contributed by atoms with E-state index in [-0.39, 0.29) is 23.9 Å². The van der Waals surface area contributed by atoms with Crippen LogP contribution in [0.25, 0.3) is 0 Å². The van der Waals surface area contributed by atoms with Crippen LogP contribution in [0.15, 0.2) is 71.1 Å². The topological polar surface area (TPSA) is 75.7 Å². The van der Waals surface area contributed by atoms with Crippen molar-refractivity contribution in [3.8, 4) is 5.75 Å². The molecule has 3 rings (SSSR count). The van der Waals surface area contributed by atoms with Crippen LogP contribution in [-0.2, 0) is 21.2 Å². The van der Waals surface area contributed by atoms with Gasteiger partial charge in [0.2, 0.25) is 15.9 Å². The summed E-state index contributed by atoms with van der Waals surface area (Å²) in [6.07, 6.45) is 2.85. The van der Waals surface area contributed by atoms with E-state index in [0.717, 1.165) is 12.0 Å². The van der Waals surface area contributed by atoms with Gasteiger partial charge in [-0.2, -0.15) is 4.31 Å². The molecule has 0 saturated carbocycles. The van der Waals surface area contributed by atoms with Crippen molar-refractivity contribution in [2.75, 3.05) is 26.7 Å². The van der Waals surface area contributed by atoms with Crippen molar-refractivity contribution >= 4 is 15.9 Å². The quantitative estimate of drug-likeness (QED) is 0.774. The predicted octanol–water partition coefficient (Wildman–Crippen LogP) is 2.37. The molecule has 1 heterocycles. The van der Waals surface area contributed by atoms with Gasteiger partial charge in [-0.25, -0.2) is 8.42 Å². The first-order valence-electron chi connectivity index (χ1n) is 9.16. The zero-order valence-corrected chi connectivity index (χ0v) is 16.6. The molecule has 0 unspecified atom stereocenters. The summed E-state index contributed by atoms with van der Waals surface area (Å²) < 4.78 is 31.9. The maximum atomic E-state index is 12.7. The average molecular weight is 401 g/mol.